The van der Waals surface area contributed by atoms with E-state index in [4.69, 9.17) is 16.7 Å². The van der Waals surface area contributed by atoms with Crippen LogP contribution in [0.25, 0.3) is 11.1 Å². The molecule has 0 saturated heterocycles. The Kier molecular flexibility index (Phi) is 9.04. The zero-order chi connectivity index (χ0) is 25.4. The number of nitrogens with one attached hydrogen (secondary N) is 1. The summed E-state index contributed by atoms with van der Waals surface area (Å²) in [5.41, 5.74) is 4.19. The number of carboxylic acid groups (broad SMARTS) is 2. The smallest absolute Gasteiger partial charge is 0.307 e. The predicted octanol–water partition coefficient (Wildman–Crippen LogP) is 5.40. The molecule has 0 bridgehead atoms. The zero-order valence-electron chi connectivity index (χ0n) is 19.4. The number of hydrogen-bond donors (Lipinski definition) is 3. The molecular weight excluding hydrogens is 466 g/mol. The molecule has 3 N–H and O–H groups in total. The number of carbonyl (C=O) groups is 3. The summed E-state index contributed by atoms with van der Waals surface area (Å²) < 4.78 is 0. The predicted molar refractivity (Wildman–Crippen MR) is 135 cm³/mol. The summed E-state index contributed by atoms with van der Waals surface area (Å²) in [6.07, 6.45) is -0.386. The normalized spacial score (nSPS) is 13.4. The molecule has 0 aliphatic heterocycles. The molecule has 3 aromatic rings. The van der Waals surface area contributed by atoms with Gasteiger partial charge in [0, 0.05) is 23.4 Å². The second-order valence-electron chi connectivity index (χ2n) is 8.62. The van der Waals surface area contributed by atoms with E-state index in [-0.39, 0.29) is 12.0 Å². The molecule has 35 heavy (non-hydrogen) atoms. The third kappa shape index (κ3) is 7.69. The van der Waals surface area contributed by atoms with Crippen molar-refractivity contribution >= 4 is 29.4 Å². The number of carbonyl (C=O) groups excluding carboxylic acids is 1. The van der Waals surface area contributed by atoms with E-state index < -0.39 is 36.6 Å². The summed E-state index contributed by atoms with van der Waals surface area (Å²) in [5.74, 6) is -4.45. The van der Waals surface area contributed by atoms with Gasteiger partial charge in [0.05, 0.1) is 12.3 Å². The molecule has 0 aromatic heterocycles. The first kappa shape index (κ1) is 26.0. The van der Waals surface area contributed by atoms with Crippen LogP contribution in [0.15, 0.2) is 78.9 Å². The Bertz CT molecular complexity index is 1160. The zero-order valence-corrected chi connectivity index (χ0v) is 20.1. The summed E-state index contributed by atoms with van der Waals surface area (Å²) in [4.78, 5) is 35.1. The van der Waals surface area contributed by atoms with E-state index in [2.05, 4.69) is 11.4 Å². The molecule has 0 spiro atoms. The molecule has 6 nitrogen and oxygen atoms in total. The van der Waals surface area contributed by atoms with Gasteiger partial charge in [-0.1, -0.05) is 78.3 Å². The molecule has 3 rings (SSSR count). The molecule has 3 unspecified atom stereocenters. The van der Waals surface area contributed by atoms with E-state index in [1.54, 1.807) is 0 Å². The van der Waals surface area contributed by atoms with Gasteiger partial charge in [0.1, 0.15) is 0 Å². The van der Waals surface area contributed by atoms with Gasteiger partial charge in [-0.3, -0.25) is 14.4 Å². The Morgan fingerprint density at radius 3 is 2.14 bits per heavy atom. The van der Waals surface area contributed by atoms with Crippen molar-refractivity contribution in [1.82, 2.24) is 5.32 Å². The van der Waals surface area contributed by atoms with Crippen molar-refractivity contribution in [2.45, 2.75) is 38.1 Å². The fourth-order valence-corrected chi connectivity index (χ4v) is 4.26. The maximum absolute atomic E-state index is 12.7. The largest absolute Gasteiger partial charge is 0.481 e. The van der Waals surface area contributed by atoms with Crippen molar-refractivity contribution in [3.8, 4) is 11.1 Å². The number of halogens is 1. The standard InChI is InChI=1S/C28H28ClNO5/c1-18(30-26(31)16-23(28(34)35)17-27(32)33)25(14-19-10-12-24(29)13-11-19)22-9-5-8-21(15-22)20-6-3-2-4-7-20/h2-13,15,18,23,25H,14,16-17H2,1H3,(H,30,31)(H,32,33)(H,34,35). The fraction of sp³-hybridized carbons (Fsp3) is 0.250. The van der Waals surface area contributed by atoms with E-state index in [9.17, 15) is 19.5 Å². The van der Waals surface area contributed by atoms with Gasteiger partial charge in [0.25, 0.3) is 0 Å². The van der Waals surface area contributed by atoms with E-state index >= 15 is 0 Å². The SMILES string of the molecule is CC(NC(=O)CC(CC(=O)O)C(=O)O)C(Cc1ccc(Cl)cc1)c1cccc(-c2ccccc2)c1. The van der Waals surface area contributed by atoms with Crippen molar-refractivity contribution in [2.24, 2.45) is 5.92 Å². The lowest BCUT2D eigenvalue weighted by atomic mass is 9.85. The number of carboxylic acids is 2. The Morgan fingerprint density at radius 2 is 1.51 bits per heavy atom. The Labute approximate surface area is 209 Å². The van der Waals surface area contributed by atoms with Gasteiger partial charge in [-0.05, 0) is 47.7 Å². The van der Waals surface area contributed by atoms with E-state index in [0.29, 0.717) is 11.4 Å². The van der Waals surface area contributed by atoms with E-state index in [1.807, 2.05) is 79.7 Å². The van der Waals surface area contributed by atoms with Crippen LogP contribution in [0, 0.1) is 5.92 Å². The summed E-state index contributed by atoms with van der Waals surface area (Å²) >= 11 is 6.05. The molecule has 1 amide bonds. The van der Waals surface area contributed by atoms with Gasteiger partial charge in [0.15, 0.2) is 0 Å². The minimum absolute atomic E-state index is 0.119. The van der Waals surface area contributed by atoms with E-state index in [0.717, 1.165) is 22.3 Å². The van der Waals surface area contributed by atoms with Gasteiger partial charge >= 0.3 is 11.9 Å². The number of benzene rings is 3. The Morgan fingerprint density at radius 1 is 0.857 bits per heavy atom. The molecule has 0 radical (unpaired) electrons. The number of aliphatic carboxylic acids is 2. The van der Waals surface area contributed by atoms with Crippen LogP contribution in [0.4, 0.5) is 0 Å². The topological polar surface area (TPSA) is 104 Å². The van der Waals surface area contributed by atoms with Crippen LogP contribution < -0.4 is 5.32 Å². The third-order valence-corrected chi connectivity index (χ3v) is 6.24. The minimum atomic E-state index is -1.30. The van der Waals surface area contributed by atoms with E-state index in [1.165, 1.54) is 0 Å². The lowest BCUT2D eigenvalue weighted by Gasteiger charge is -2.27. The fourth-order valence-electron chi connectivity index (χ4n) is 4.13. The number of rotatable bonds is 11. The van der Waals surface area contributed by atoms with Crippen LogP contribution in [-0.4, -0.2) is 34.1 Å². The van der Waals surface area contributed by atoms with Crippen molar-refractivity contribution in [3.63, 3.8) is 0 Å². The van der Waals surface area contributed by atoms with Crippen LogP contribution in [0.5, 0.6) is 0 Å². The summed E-state index contributed by atoms with van der Waals surface area (Å²) in [6.45, 7) is 1.88. The van der Waals surface area contributed by atoms with Gasteiger partial charge in [0.2, 0.25) is 5.91 Å². The summed E-state index contributed by atoms with van der Waals surface area (Å²) in [6, 6.07) is 25.3. The van der Waals surface area contributed by atoms with Gasteiger partial charge in [-0.2, -0.15) is 0 Å². The van der Waals surface area contributed by atoms with Crippen LogP contribution in [-0.2, 0) is 20.8 Å². The van der Waals surface area contributed by atoms with Crippen LogP contribution in [0.1, 0.15) is 36.8 Å². The highest BCUT2D eigenvalue weighted by Crippen LogP contribution is 2.29. The molecule has 0 saturated carbocycles. The molecule has 3 atom stereocenters. The second kappa shape index (κ2) is 12.2. The van der Waals surface area contributed by atoms with Crippen LogP contribution in [0.3, 0.4) is 0 Å². The van der Waals surface area contributed by atoms with Crippen molar-refractivity contribution in [2.75, 3.05) is 0 Å². The average molecular weight is 494 g/mol. The monoisotopic (exact) mass is 493 g/mol. The van der Waals surface area contributed by atoms with Crippen molar-refractivity contribution in [3.05, 3.63) is 95.0 Å². The van der Waals surface area contributed by atoms with Crippen molar-refractivity contribution in [1.29, 1.82) is 0 Å². The lowest BCUT2D eigenvalue weighted by molar-refractivity contribution is -0.149. The first-order valence-corrected chi connectivity index (χ1v) is 11.7. The Balaban J connectivity index is 1.85. The molecular formula is C28H28ClNO5. The van der Waals surface area contributed by atoms with Gasteiger partial charge in [-0.25, -0.2) is 0 Å². The first-order valence-electron chi connectivity index (χ1n) is 11.4. The quantitative estimate of drug-likeness (QED) is 0.331. The first-order chi connectivity index (χ1) is 16.7. The maximum atomic E-state index is 12.7. The molecule has 0 aliphatic rings. The molecule has 182 valence electrons. The molecule has 0 aliphatic carbocycles. The van der Waals surface area contributed by atoms with Crippen LogP contribution >= 0.6 is 11.6 Å². The van der Waals surface area contributed by atoms with Gasteiger partial charge in [-0.15, -0.1) is 0 Å². The molecule has 7 heteroatoms. The number of hydrogen-bond acceptors (Lipinski definition) is 3. The highest BCUT2D eigenvalue weighted by atomic mass is 35.5. The number of amides is 1. The average Bonchev–Trinajstić information content (AvgIpc) is 2.83. The third-order valence-electron chi connectivity index (χ3n) is 5.99. The minimum Gasteiger partial charge on any atom is -0.481 e. The maximum Gasteiger partial charge on any atom is 0.307 e. The molecule has 3 aromatic carbocycles. The molecule has 0 fully saturated rings. The highest BCUT2D eigenvalue weighted by molar-refractivity contribution is 6.30. The van der Waals surface area contributed by atoms with Crippen molar-refractivity contribution < 1.29 is 24.6 Å². The Hall–Kier alpha value is -3.64. The highest BCUT2D eigenvalue weighted by Gasteiger charge is 2.27. The summed E-state index contributed by atoms with van der Waals surface area (Å²) in [5, 5.41) is 21.8. The lowest BCUT2D eigenvalue weighted by Crippen LogP contribution is -2.39. The molecule has 0 heterocycles. The van der Waals surface area contributed by atoms with Crippen LogP contribution in [0.2, 0.25) is 5.02 Å². The van der Waals surface area contributed by atoms with Gasteiger partial charge < -0.3 is 15.5 Å². The summed E-state index contributed by atoms with van der Waals surface area (Å²) in [7, 11) is 0. The second-order valence-corrected chi connectivity index (χ2v) is 9.06.